The second-order valence-corrected chi connectivity index (χ2v) is 4.36. The van der Waals surface area contributed by atoms with E-state index in [-0.39, 0.29) is 0 Å². The van der Waals surface area contributed by atoms with E-state index >= 15 is 0 Å². The van der Waals surface area contributed by atoms with Crippen molar-refractivity contribution in [2.45, 2.75) is 19.8 Å². The molecule has 0 bridgehead atoms. The Kier molecular flexibility index (Phi) is 4.09. The first kappa shape index (κ1) is 10.9. The van der Waals surface area contributed by atoms with Gasteiger partial charge in [0.1, 0.15) is 0 Å². The normalized spacial score (nSPS) is 12.9. The summed E-state index contributed by atoms with van der Waals surface area (Å²) in [5, 5.41) is 0. The minimum absolute atomic E-state index is 0.407. The van der Waals surface area contributed by atoms with Crippen molar-refractivity contribution >= 4 is 22.6 Å². The van der Waals surface area contributed by atoms with E-state index in [9.17, 15) is 4.39 Å². The summed E-state index contributed by atoms with van der Waals surface area (Å²) in [7, 11) is 0. The Labute approximate surface area is 91.9 Å². The number of aromatic nitrogens is 1. The molecule has 1 unspecified atom stereocenters. The number of halogens is 2. The van der Waals surface area contributed by atoms with Crippen molar-refractivity contribution < 1.29 is 4.39 Å². The summed E-state index contributed by atoms with van der Waals surface area (Å²) in [5.41, 5.74) is 1.11. The molecule has 1 aromatic heterocycles. The van der Waals surface area contributed by atoms with Gasteiger partial charge in [0.15, 0.2) is 0 Å². The predicted molar refractivity (Wildman–Crippen MR) is 59.8 cm³/mol. The molecule has 3 heteroatoms. The molecule has 1 aromatic rings. The third-order valence-corrected chi connectivity index (χ3v) is 2.96. The summed E-state index contributed by atoms with van der Waals surface area (Å²) in [6, 6.07) is 1.46. The SMILES string of the molecule is [CH2]CC(C)Cc1cnc(F)cc1I. The van der Waals surface area contributed by atoms with Crippen molar-refractivity contribution in [1.82, 2.24) is 4.98 Å². The third-order valence-electron chi connectivity index (χ3n) is 1.96. The molecule has 1 rings (SSSR count). The predicted octanol–water partition coefficient (Wildman–Crippen LogP) is 3.23. The number of hydrogen-bond acceptors (Lipinski definition) is 1. The Morgan fingerprint density at radius 1 is 1.69 bits per heavy atom. The maximum atomic E-state index is 12.6. The summed E-state index contributed by atoms with van der Waals surface area (Å²) in [4.78, 5) is 3.64. The van der Waals surface area contributed by atoms with E-state index in [4.69, 9.17) is 0 Å². The lowest BCUT2D eigenvalue weighted by Gasteiger charge is -2.09. The Balaban J connectivity index is 2.77. The summed E-state index contributed by atoms with van der Waals surface area (Å²) in [5.74, 6) is 0.121. The Hall–Kier alpha value is -0.190. The molecule has 0 N–H and O–H groups in total. The molecule has 0 aliphatic heterocycles. The zero-order valence-electron chi connectivity index (χ0n) is 7.56. The molecule has 0 fully saturated rings. The van der Waals surface area contributed by atoms with E-state index in [0.717, 1.165) is 22.0 Å². The van der Waals surface area contributed by atoms with Crippen molar-refractivity contribution in [2.24, 2.45) is 5.92 Å². The topological polar surface area (TPSA) is 12.9 Å². The fourth-order valence-corrected chi connectivity index (χ4v) is 1.68. The molecule has 0 saturated carbocycles. The lowest BCUT2D eigenvalue weighted by Crippen LogP contribution is -2.01. The van der Waals surface area contributed by atoms with Gasteiger partial charge in [-0.25, -0.2) is 4.98 Å². The van der Waals surface area contributed by atoms with Gasteiger partial charge in [0, 0.05) is 15.8 Å². The van der Waals surface area contributed by atoms with Crippen molar-refractivity contribution in [3.05, 3.63) is 34.3 Å². The molecule has 1 nitrogen and oxygen atoms in total. The van der Waals surface area contributed by atoms with Crippen LogP contribution >= 0.6 is 22.6 Å². The standard InChI is InChI=1S/C10H12FIN/c1-3-7(2)4-8-6-13-10(11)5-9(8)12/h5-7H,1,3-4H2,2H3. The van der Waals surface area contributed by atoms with Crippen LogP contribution < -0.4 is 0 Å². The summed E-state index contributed by atoms with van der Waals surface area (Å²) < 4.78 is 13.6. The Morgan fingerprint density at radius 3 is 2.92 bits per heavy atom. The van der Waals surface area contributed by atoms with Gasteiger partial charge in [-0.15, -0.1) is 0 Å². The van der Waals surface area contributed by atoms with Gasteiger partial charge in [-0.3, -0.25) is 0 Å². The van der Waals surface area contributed by atoms with Crippen LogP contribution in [-0.4, -0.2) is 4.98 Å². The molecular weight excluding hydrogens is 280 g/mol. The molecule has 1 radical (unpaired) electrons. The average molecular weight is 292 g/mol. The number of hydrogen-bond donors (Lipinski definition) is 0. The molecule has 13 heavy (non-hydrogen) atoms. The molecule has 0 saturated heterocycles. The van der Waals surface area contributed by atoms with Gasteiger partial charge in [-0.1, -0.05) is 20.3 Å². The van der Waals surface area contributed by atoms with Crippen LogP contribution in [0.25, 0.3) is 0 Å². The average Bonchev–Trinajstić information content (AvgIpc) is 2.09. The molecule has 0 aliphatic rings. The molecular formula is C10H12FIN. The van der Waals surface area contributed by atoms with Gasteiger partial charge in [0.05, 0.1) is 0 Å². The van der Waals surface area contributed by atoms with Gasteiger partial charge in [0.2, 0.25) is 5.95 Å². The molecule has 1 heterocycles. The molecule has 1 atom stereocenters. The number of pyridine rings is 1. The zero-order chi connectivity index (χ0) is 9.84. The Morgan fingerprint density at radius 2 is 2.38 bits per heavy atom. The summed E-state index contributed by atoms with van der Waals surface area (Å²) >= 11 is 2.14. The van der Waals surface area contributed by atoms with E-state index in [1.807, 2.05) is 0 Å². The second-order valence-electron chi connectivity index (χ2n) is 3.20. The van der Waals surface area contributed by atoms with Crippen LogP contribution in [0.15, 0.2) is 12.3 Å². The monoisotopic (exact) mass is 292 g/mol. The van der Waals surface area contributed by atoms with E-state index in [0.29, 0.717) is 5.92 Å². The van der Waals surface area contributed by atoms with Crippen LogP contribution in [0.5, 0.6) is 0 Å². The first-order valence-corrected chi connectivity index (χ1v) is 5.30. The van der Waals surface area contributed by atoms with Crippen LogP contribution in [0, 0.1) is 22.4 Å². The first-order valence-electron chi connectivity index (χ1n) is 4.22. The Bertz CT molecular complexity index is 288. The van der Waals surface area contributed by atoms with Crippen molar-refractivity contribution in [1.29, 1.82) is 0 Å². The van der Waals surface area contributed by atoms with Gasteiger partial charge < -0.3 is 0 Å². The fraction of sp³-hybridized carbons (Fsp3) is 0.400. The molecule has 0 spiro atoms. The van der Waals surface area contributed by atoms with Crippen molar-refractivity contribution in [2.75, 3.05) is 0 Å². The van der Waals surface area contributed by atoms with Crippen molar-refractivity contribution in [3.8, 4) is 0 Å². The lowest BCUT2D eigenvalue weighted by molar-refractivity contribution is 0.565. The maximum absolute atomic E-state index is 12.6. The molecule has 0 amide bonds. The number of nitrogens with zero attached hydrogens (tertiary/aromatic N) is 1. The first-order chi connectivity index (χ1) is 6.13. The van der Waals surface area contributed by atoms with E-state index in [2.05, 4.69) is 41.4 Å². The van der Waals surface area contributed by atoms with Crippen LogP contribution in [-0.2, 0) is 6.42 Å². The lowest BCUT2D eigenvalue weighted by atomic mass is 10.0. The molecule has 0 aromatic carbocycles. The van der Waals surface area contributed by atoms with Gasteiger partial charge in [-0.2, -0.15) is 4.39 Å². The van der Waals surface area contributed by atoms with E-state index in [1.165, 1.54) is 6.07 Å². The highest BCUT2D eigenvalue weighted by atomic mass is 127. The quantitative estimate of drug-likeness (QED) is 0.615. The summed E-state index contributed by atoms with van der Waals surface area (Å²) in [6.07, 6.45) is 3.44. The highest BCUT2D eigenvalue weighted by molar-refractivity contribution is 14.1. The minimum Gasteiger partial charge on any atom is -0.228 e. The maximum Gasteiger partial charge on any atom is 0.213 e. The largest absolute Gasteiger partial charge is 0.228 e. The van der Waals surface area contributed by atoms with E-state index < -0.39 is 5.95 Å². The van der Waals surface area contributed by atoms with Gasteiger partial charge in [0.25, 0.3) is 0 Å². The number of rotatable bonds is 3. The zero-order valence-corrected chi connectivity index (χ0v) is 9.71. The summed E-state index contributed by atoms with van der Waals surface area (Å²) in [6.45, 7) is 5.96. The highest BCUT2D eigenvalue weighted by Crippen LogP contribution is 2.17. The smallest absolute Gasteiger partial charge is 0.213 e. The fourth-order valence-electron chi connectivity index (χ4n) is 1.06. The molecule has 71 valence electrons. The van der Waals surface area contributed by atoms with Crippen LogP contribution in [0.2, 0.25) is 0 Å². The van der Waals surface area contributed by atoms with Crippen LogP contribution in [0.1, 0.15) is 18.9 Å². The van der Waals surface area contributed by atoms with E-state index in [1.54, 1.807) is 6.20 Å². The van der Waals surface area contributed by atoms with Gasteiger partial charge in [-0.05, 0) is 40.5 Å². The highest BCUT2D eigenvalue weighted by Gasteiger charge is 2.06. The minimum atomic E-state index is -0.407. The van der Waals surface area contributed by atoms with Gasteiger partial charge >= 0.3 is 0 Å². The third kappa shape index (κ3) is 3.21. The van der Waals surface area contributed by atoms with Crippen molar-refractivity contribution in [3.63, 3.8) is 0 Å². The molecule has 0 aliphatic carbocycles. The van der Waals surface area contributed by atoms with Crippen LogP contribution in [0.3, 0.4) is 0 Å². The van der Waals surface area contributed by atoms with Crippen LogP contribution in [0.4, 0.5) is 4.39 Å². The second kappa shape index (κ2) is 4.88.